The number of methoxy groups -OCH3 is 1. The van der Waals surface area contributed by atoms with Gasteiger partial charge in [0, 0.05) is 32.1 Å². The standard InChI is InChI=1S/C23H27N3O4/c1-16-8-6-7-11-18(16)19-15-21(30-26-19)23(28)25-20(22(27)24-12-13-29-2)14-17-9-4-3-5-10-17/h3-11,20-21H,12-15H2,1-2H3,(H,24,27)(H,25,28)/t20-,21-/m1/s1. The van der Waals surface area contributed by atoms with Crippen LogP contribution >= 0.6 is 0 Å². The molecule has 0 radical (unpaired) electrons. The van der Waals surface area contributed by atoms with E-state index in [1.54, 1.807) is 7.11 Å². The Morgan fingerprint density at radius 3 is 2.63 bits per heavy atom. The minimum atomic E-state index is -0.760. The molecule has 0 saturated heterocycles. The van der Waals surface area contributed by atoms with Gasteiger partial charge < -0.3 is 20.2 Å². The first-order valence-electron chi connectivity index (χ1n) is 9.98. The van der Waals surface area contributed by atoms with Crippen molar-refractivity contribution in [1.82, 2.24) is 10.6 Å². The maximum atomic E-state index is 12.8. The van der Waals surface area contributed by atoms with Crippen molar-refractivity contribution in [3.63, 3.8) is 0 Å². The highest BCUT2D eigenvalue weighted by Gasteiger charge is 2.32. The zero-order valence-electron chi connectivity index (χ0n) is 17.3. The van der Waals surface area contributed by atoms with Gasteiger partial charge in [-0.1, -0.05) is 59.8 Å². The monoisotopic (exact) mass is 409 g/mol. The van der Waals surface area contributed by atoms with Crippen LogP contribution < -0.4 is 10.6 Å². The summed E-state index contributed by atoms with van der Waals surface area (Å²) in [5, 5.41) is 9.73. The lowest BCUT2D eigenvalue weighted by Crippen LogP contribution is -2.51. The molecule has 2 aromatic carbocycles. The van der Waals surface area contributed by atoms with E-state index in [4.69, 9.17) is 9.57 Å². The molecule has 3 rings (SSSR count). The second-order valence-corrected chi connectivity index (χ2v) is 7.19. The first-order valence-corrected chi connectivity index (χ1v) is 9.98. The molecule has 0 saturated carbocycles. The number of amides is 2. The van der Waals surface area contributed by atoms with E-state index in [0.717, 1.165) is 22.4 Å². The number of carbonyl (C=O) groups is 2. The molecule has 1 aliphatic rings. The van der Waals surface area contributed by atoms with Crippen LogP contribution in [0, 0.1) is 6.92 Å². The summed E-state index contributed by atoms with van der Waals surface area (Å²) in [5.41, 5.74) is 3.72. The molecule has 0 unspecified atom stereocenters. The van der Waals surface area contributed by atoms with Gasteiger partial charge in [-0.05, 0) is 18.1 Å². The lowest BCUT2D eigenvalue weighted by Gasteiger charge is -2.20. The van der Waals surface area contributed by atoms with E-state index in [1.807, 2.05) is 61.5 Å². The topological polar surface area (TPSA) is 89.0 Å². The Labute approximate surface area is 176 Å². The van der Waals surface area contributed by atoms with E-state index in [0.29, 0.717) is 26.0 Å². The number of hydrogen-bond acceptors (Lipinski definition) is 5. The highest BCUT2D eigenvalue weighted by atomic mass is 16.6. The molecule has 0 aromatic heterocycles. The number of nitrogens with zero attached hydrogens (tertiary/aromatic N) is 1. The summed E-state index contributed by atoms with van der Waals surface area (Å²) in [4.78, 5) is 30.9. The zero-order chi connectivity index (χ0) is 21.3. The van der Waals surface area contributed by atoms with Crippen LogP contribution in [0.15, 0.2) is 59.8 Å². The number of hydrogen-bond donors (Lipinski definition) is 2. The Morgan fingerprint density at radius 2 is 1.90 bits per heavy atom. The van der Waals surface area contributed by atoms with Gasteiger partial charge in [-0.3, -0.25) is 9.59 Å². The van der Waals surface area contributed by atoms with Crippen LogP contribution in [0.4, 0.5) is 0 Å². The highest BCUT2D eigenvalue weighted by Crippen LogP contribution is 2.19. The van der Waals surface area contributed by atoms with E-state index in [2.05, 4.69) is 15.8 Å². The molecular formula is C23H27N3O4. The summed E-state index contributed by atoms with van der Waals surface area (Å²) in [7, 11) is 1.57. The van der Waals surface area contributed by atoms with Crippen LogP contribution in [0.2, 0.25) is 0 Å². The number of rotatable bonds is 9. The van der Waals surface area contributed by atoms with Crippen molar-refractivity contribution in [2.45, 2.75) is 31.9 Å². The summed E-state index contributed by atoms with van der Waals surface area (Å²) in [6, 6.07) is 16.7. The fourth-order valence-electron chi connectivity index (χ4n) is 3.30. The van der Waals surface area contributed by atoms with Crippen molar-refractivity contribution in [1.29, 1.82) is 0 Å². The SMILES string of the molecule is COCCNC(=O)[C@@H](Cc1ccccc1)NC(=O)[C@H]1CC(c2ccccc2C)=NO1. The van der Waals surface area contributed by atoms with Crippen molar-refractivity contribution in [2.75, 3.05) is 20.3 Å². The van der Waals surface area contributed by atoms with Gasteiger partial charge in [0.25, 0.3) is 5.91 Å². The number of benzene rings is 2. The molecule has 0 spiro atoms. The summed E-state index contributed by atoms with van der Waals surface area (Å²) < 4.78 is 4.98. The molecule has 158 valence electrons. The average molecular weight is 409 g/mol. The molecule has 2 N–H and O–H groups in total. The second-order valence-electron chi connectivity index (χ2n) is 7.19. The maximum Gasteiger partial charge on any atom is 0.265 e. The van der Waals surface area contributed by atoms with Crippen LogP contribution in [0.1, 0.15) is 23.1 Å². The van der Waals surface area contributed by atoms with Crippen LogP contribution in [0.5, 0.6) is 0 Å². The Morgan fingerprint density at radius 1 is 1.17 bits per heavy atom. The normalized spacial score (nSPS) is 16.3. The minimum absolute atomic E-state index is 0.262. The predicted molar refractivity (Wildman–Crippen MR) is 114 cm³/mol. The molecule has 2 aromatic rings. The molecule has 7 nitrogen and oxygen atoms in total. The fourth-order valence-corrected chi connectivity index (χ4v) is 3.30. The Bertz CT molecular complexity index is 898. The van der Waals surface area contributed by atoms with Gasteiger partial charge in [0.1, 0.15) is 6.04 Å². The van der Waals surface area contributed by atoms with Gasteiger partial charge in [0.05, 0.1) is 12.3 Å². The lowest BCUT2D eigenvalue weighted by molar-refractivity contribution is -0.135. The van der Waals surface area contributed by atoms with E-state index in [1.165, 1.54) is 0 Å². The van der Waals surface area contributed by atoms with Crippen LogP contribution in [-0.4, -0.2) is 49.9 Å². The van der Waals surface area contributed by atoms with Crippen molar-refractivity contribution < 1.29 is 19.2 Å². The van der Waals surface area contributed by atoms with E-state index in [-0.39, 0.29) is 11.8 Å². The van der Waals surface area contributed by atoms with E-state index >= 15 is 0 Å². The molecule has 0 bridgehead atoms. The van der Waals surface area contributed by atoms with Gasteiger partial charge in [-0.2, -0.15) is 0 Å². The van der Waals surface area contributed by atoms with Crippen LogP contribution in [-0.2, 0) is 25.6 Å². The number of oxime groups is 1. The summed E-state index contributed by atoms with van der Waals surface area (Å²) in [6.45, 7) is 2.76. The first kappa shape index (κ1) is 21.5. The summed E-state index contributed by atoms with van der Waals surface area (Å²) >= 11 is 0. The van der Waals surface area contributed by atoms with E-state index in [9.17, 15) is 9.59 Å². The smallest absolute Gasteiger partial charge is 0.265 e. The number of nitrogens with one attached hydrogen (secondary N) is 2. The van der Waals surface area contributed by atoms with Gasteiger partial charge >= 0.3 is 0 Å². The Kier molecular flexibility index (Phi) is 7.57. The molecular weight excluding hydrogens is 382 g/mol. The third kappa shape index (κ3) is 5.67. The van der Waals surface area contributed by atoms with Gasteiger partial charge in [-0.15, -0.1) is 0 Å². The third-order valence-electron chi connectivity index (χ3n) is 4.94. The molecule has 0 fully saturated rings. The molecule has 2 atom stereocenters. The molecule has 1 aliphatic heterocycles. The minimum Gasteiger partial charge on any atom is -0.383 e. The van der Waals surface area contributed by atoms with Gasteiger partial charge in [0.2, 0.25) is 12.0 Å². The lowest BCUT2D eigenvalue weighted by atomic mass is 9.99. The quantitative estimate of drug-likeness (QED) is 0.620. The largest absolute Gasteiger partial charge is 0.383 e. The molecule has 0 aliphatic carbocycles. The third-order valence-corrected chi connectivity index (χ3v) is 4.94. The molecule has 1 heterocycles. The second kappa shape index (κ2) is 10.5. The fraction of sp³-hybridized carbons (Fsp3) is 0.348. The average Bonchev–Trinajstić information content (AvgIpc) is 3.24. The number of carbonyl (C=O) groups excluding carboxylic acids is 2. The number of ether oxygens (including phenoxy) is 1. The maximum absolute atomic E-state index is 12.8. The van der Waals surface area contributed by atoms with Crippen LogP contribution in [0.25, 0.3) is 0 Å². The highest BCUT2D eigenvalue weighted by molar-refractivity contribution is 6.05. The first-order chi connectivity index (χ1) is 14.6. The van der Waals surface area contributed by atoms with Crippen molar-refractivity contribution in [3.8, 4) is 0 Å². The van der Waals surface area contributed by atoms with Crippen molar-refractivity contribution in [3.05, 3.63) is 71.3 Å². The summed E-state index contributed by atoms with van der Waals surface area (Å²) in [5.74, 6) is -0.618. The number of aryl methyl sites for hydroxylation is 1. The molecule has 30 heavy (non-hydrogen) atoms. The predicted octanol–water partition coefficient (Wildman–Crippen LogP) is 1.98. The molecule has 7 heteroatoms. The summed E-state index contributed by atoms with van der Waals surface area (Å²) in [6.07, 6.45) is -0.0198. The molecule has 2 amide bonds. The zero-order valence-corrected chi connectivity index (χ0v) is 17.3. The van der Waals surface area contributed by atoms with Gasteiger partial charge in [-0.25, -0.2) is 0 Å². The van der Waals surface area contributed by atoms with Crippen molar-refractivity contribution in [2.24, 2.45) is 5.16 Å². The Hall–Kier alpha value is -3.19. The van der Waals surface area contributed by atoms with E-state index < -0.39 is 12.1 Å². The van der Waals surface area contributed by atoms with Crippen molar-refractivity contribution >= 4 is 17.5 Å². The van der Waals surface area contributed by atoms with Crippen LogP contribution in [0.3, 0.4) is 0 Å². The van der Waals surface area contributed by atoms with Gasteiger partial charge in [0.15, 0.2) is 0 Å². The Balaban J connectivity index is 1.64.